The fourth-order valence-corrected chi connectivity index (χ4v) is 2.71. The van der Waals surface area contributed by atoms with Crippen molar-refractivity contribution in [1.29, 1.82) is 0 Å². The van der Waals surface area contributed by atoms with Crippen LogP contribution in [0.1, 0.15) is 12.6 Å². The highest BCUT2D eigenvalue weighted by Gasteiger charge is 2.14. The highest BCUT2D eigenvalue weighted by Crippen LogP contribution is 2.32. The molecule has 0 amide bonds. The van der Waals surface area contributed by atoms with Gasteiger partial charge < -0.3 is 10.5 Å². The van der Waals surface area contributed by atoms with Crippen LogP contribution in [-0.4, -0.2) is 9.78 Å². The number of anilines is 1. The first-order valence-electron chi connectivity index (χ1n) is 6.77. The number of rotatable bonds is 3. The van der Waals surface area contributed by atoms with E-state index in [4.69, 9.17) is 10.5 Å². The second-order valence-corrected chi connectivity index (χ2v) is 5.81. The number of aryl methyl sites for hydroxylation is 2. The third-order valence-electron chi connectivity index (χ3n) is 3.43. The van der Waals surface area contributed by atoms with Gasteiger partial charge in [-0.15, -0.1) is 0 Å². The molecule has 0 saturated heterocycles. The number of nitrogens with two attached hydrogens (primary N) is 1. The predicted molar refractivity (Wildman–Crippen MR) is 88.7 cm³/mol. The van der Waals surface area contributed by atoms with Gasteiger partial charge in [0.15, 0.2) is 0 Å². The van der Waals surface area contributed by atoms with E-state index in [0.29, 0.717) is 11.6 Å². The molecule has 2 aromatic carbocycles. The summed E-state index contributed by atoms with van der Waals surface area (Å²) in [6, 6.07) is 12.1. The predicted octanol–water partition coefficient (Wildman–Crippen LogP) is 4.27. The quantitative estimate of drug-likeness (QED) is 0.770. The molecule has 3 aromatic rings. The Kier molecular flexibility index (Phi) is 3.59. The molecule has 2 N–H and O–H groups in total. The van der Waals surface area contributed by atoms with E-state index >= 15 is 0 Å². The van der Waals surface area contributed by atoms with E-state index in [1.807, 2.05) is 38.2 Å². The lowest BCUT2D eigenvalue weighted by molar-refractivity contribution is 0.433. The van der Waals surface area contributed by atoms with Gasteiger partial charge in [0.1, 0.15) is 11.4 Å². The van der Waals surface area contributed by atoms with Gasteiger partial charge in [-0.25, -0.2) is 4.68 Å². The molecule has 5 heteroatoms. The van der Waals surface area contributed by atoms with Crippen LogP contribution in [0.4, 0.5) is 5.69 Å². The van der Waals surface area contributed by atoms with Crippen LogP contribution >= 0.6 is 15.9 Å². The Morgan fingerprint density at radius 1 is 1.19 bits per heavy atom. The van der Waals surface area contributed by atoms with Crippen molar-refractivity contribution >= 4 is 32.4 Å². The van der Waals surface area contributed by atoms with Gasteiger partial charge in [0, 0.05) is 11.5 Å². The van der Waals surface area contributed by atoms with E-state index in [0.717, 1.165) is 33.1 Å². The van der Waals surface area contributed by atoms with Gasteiger partial charge in [-0.2, -0.15) is 5.10 Å². The van der Waals surface area contributed by atoms with Crippen LogP contribution in [0.25, 0.3) is 10.8 Å². The monoisotopic (exact) mass is 345 g/mol. The first-order valence-corrected chi connectivity index (χ1v) is 7.56. The summed E-state index contributed by atoms with van der Waals surface area (Å²) in [5, 5.41) is 6.63. The molecule has 21 heavy (non-hydrogen) atoms. The summed E-state index contributed by atoms with van der Waals surface area (Å²) in [4.78, 5) is 0. The summed E-state index contributed by atoms with van der Waals surface area (Å²) in [6.45, 7) is 2.02. The fourth-order valence-electron chi connectivity index (χ4n) is 2.33. The van der Waals surface area contributed by atoms with Crippen molar-refractivity contribution in [2.45, 2.75) is 13.3 Å². The number of aromatic nitrogens is 2. The van der Waals surface area contributed by atoms with Crippen LogP contribution in [0, 0.1) is 0 Å². The largest absolute Gasteiger partial charge is 0.437 e. The first-order chi connectivity index (χ1) is 10.1. The maximum atomic E-state index is 6.08. The van der Waals surface area contributed by atoms with Gasteiger partial charge in [0.2, 0.25) is 5.88 Å². The molecule has 1 heterocycles. The third kappa shape index (κ3) is 2.61. The second kappa shape index (κ2) is 5.41. The van der Waals surface area contributed by atoms with Crippen LogP contribution < -0.4 is 10.5 Å². The van der Waals surface area contributed by atoms with Crippen LogP contribution in [-0.2, 0) is 13.5 Å². The maximum Gasteiger partial charge on any atom is 0.241 e. The molecule has 0 aliphatic carbocycles. The molecule has 0 fully saturated rings. The molecule has 4 nitrogen and oxygen atoms in total. The minimum Gasteiger partial charge on any atom is -0.437 e. The summed E-state index contributed by atoms with van der Waals surface area (Å²) >= 11 is 3.48. The molecule has 1 aromatic heterocycles. The normalized spacial score (nSPS) is 11.0. The molecule has 0 unspecified atom stereocenters. The second-order valence-electron chi connectivity index (χ2n) is 4.90. The van der Waals surface area contributed by atoms with Crippen molar-refractivity contribution < 1.29 is 4.74 Å². The Bertz CT molecular complexity index is 811. The van der Waals surface area contributed by atoms with Crippen molar-refractivity contribution in [2.24, 2.45) is 7.05 Å². The number of fused-ring (bicyclic) bond motifs is 1. The Morgan fingerprint density at radius 2 is 1.90 bits per heavy atom. The molecule has 0 spiro atoms. The summed E-state index contributed by atoms with van der Waals surface area (Å²) in [5.74, 6) is 1.34. The number of nitrogen functional groups attached to an aromatic ring is 1. The SMILES string of the molecule is CCc1nn(C)c(Oc2ccc3cc(Br)ccc3c2)c1N. The highest BCUT2D eigenvalue weighted by molar-refractivity contribution is 9.10. The molecule has 108 valence electrons. The van der Waals surface area contributed by atoms with Gasteiger partial charge in [0.25, 0.3) is 0 Å². The van der Waals surface area contributed by atoms with Crippen molar-refractivity contribution in [3.05, 3.63) is 46.6 Å². The van der Waals surface area contributed by atoms with E-state index in [2.05, 4.69) is 33.2 Å². The Morgan fingerprint density at radius 3 is 2.62 bits per heavy atom. The lowest BCUT2D eigenvalue weighted by Crippen LogP contribution is -1.97. The van der Waals surface area contributed by atoms with Gasteiger partial charge >= 0.3 is 0 Å². The molecule has 0 aliphatic rings. The molecule has 0 bridgehead atoms. The van der Waals surface area contributed by atoms with Gasteiger partial charge in [-0.3, -0.25) is 0 Å². The van der Waals surface area contributed by atoms with Crippen molar-refractivity contribution in [2.75, 3.05) is 5.73 Å². The molecule has 0 aliphatic heterocycles. The van der Waals surface area contributed by atoms with Gasteiger partial charge in [-0.05, 0) is 41.5 Å². The lowest BCUT2D eigenvalue weighted by Gasteiger charge is -2.08. The van der Waals surface area contributed by atoms with E-state index in [-0.39, 0.29) is 0 Å². The number of ether oxygens (including phenoxy) is 1. The third-order valence-corrected chi connectivity index (χ3v) is 3.92. The topological polar surface area (TPSA) is 53.1 Å². The lowest BCUT2D eigenvalue weighted by atomic mass is 10.1. The molecule has 0 atom stereocenters. The summed E-state index contributed by atoms with van der Waals surface area (Å²) in [5.41, 5.74) is 7.55. The van der Waals surface area contributed by atoms with Gasteiger partial charge in [-0.1, -0.05) is 35.0 Å². The fraction of sp³-hybridized carbons (Fsp3) is 0.188. The average molecular weight is 346 g/mol. The van der Waals surface area contributed by atoms with E-state index in [1.165, 1.54) is 0 Å². The molecule has 0 saturated carbocycles. The summed E-state index contributed by atoms with van der Waals surface area (Å²) in [7, 11) is 1.84. The minimum atomic E-state index is 0.586. The number of benzene rings is 2. The van der Waals surface area contributed by atoms with Crippen molar-refractivity contribution in [1.82, 2.24) is 9.78 Å². The van der Waals surface area contributed by atoms with Gasteiger partial charge in [0.05, 0.1) is 5.69 Å². The molecular weight excluding hydrogens is 330 g/mol. The standard InChI is InChI=1S/C16H16BrN3O/c1-3-14-15(18)16(20(2)19-14)21-13-7-5-10-8-12(17)6-4-11(10)9-13/h4-9H,3,18H2,1-2H3. The van der Waals surface area contributed by atoms with E-state index < -0.39 is 0 Å². The van der Waals surface area contributed by atoms with Crippen LogP contribution in [0.2, 0.25) is 0 Å². The van der Waals surface area contributed by atoms with Crippen LogP contribution in [0.15, 0.2) is 40.9 Å². The smallest absolute Gasteiger partial charge is 0.241 e. The maximum absolute atomic E-state index is 6.08. The zero-order chi connectivity index (χ0) is 15.0. The van der Waals surface area contributed by atoms with E-state index in [9.17, 15) is 0 Å². The Balaban J connectivity index is 1.98. The molecule has 0 radical (unpaired) electrons. The number of nitrogens with zero attached hydrogens (tertiary/aromatic N) is 2. The zero-order valence-electron chi connectivity index (χ0n) is 11.9. The molecule has 3 rings (SSSR count). The van der Waals surface area contributed by atoms with E-state index in [1.54, 1.807) is 4.68 Å². The number of halogens is 1. The zero-order valence-corrected chi connectivity index (χ0v) is 13.5. The molecular formula is C16H16BrN3O. The minimum absolute atomic E-state index is 0.586. The number of hydrogen-bond donors (Lipinski definition) is 1. The Hall–Kier alpha value is -2.01. The Labute approximate surface area is 131 Å². The summed E-state index contributed by atoms with van der Waals surface area (Å²) in [6.07, 6.45) is 0.786. The number of hydrogen-bond acceptors (Lipinski definition) is 3. The van der Waals surface area contributed by atoms with Crippen molar-refractivity contribution in [3.8, 4) is 11.6 Å². The van der Waals surface area contributed by atoms with Crippen LogP contribution in [0.3, 0.4) is 0 Å². The van der Waals surface area contributed by atoms with Crippen molar-refractivity contribution in [3.63, 3.8) is 0 Å². The average Bonchev–Trinajstić information content (AvgIpc) is 2.75. The van der Waals surface area contributed by atoms with Crippen LogP contribution in [0.5, 0.6) is 11.6 Å². The first kappa shape index (κ1) is 13.9. The summed E-state index contributed by atoms with van der Waals surface area (Å²) < 4.78 is 8.67. The highest BCUT2D eigenvalue weighted by atomic mass is 79.9.